The van der Waals surface area contributed by atoms with E-state index in [1.165, 1.54) is 24.6 Å². The number of rotatable bonds is 6. The first kappa shape index (κ1) is 31.9. The number of allylic oxidation sites excluding steroid dienone is 3. The zero-order chi connectivity index (χ0) is 31.9. The van der Waals surface area contributed by atoms with Gasteiger partial charge in [-0.15, -0.1) is 0 Å². The molecule has 4 aliphatic carbocycles. The number of nitrogens with zero attached hydrogens (tertiary/aromatic N) is 2. The molecule has 11 heteroatoms. The molecule has 3 N–H and O–H groups in total. The number of carbonyl (C=O) groups is 3. The van der Waals surface area contributed by atoms with Gasteiger partial charge in [-0.25, -0.2) is 14.2 Å². The van der Waals surface area contributed by atoms with E-state index < -0.39 is 46.2 Å². The highest BCUT2D eigenvalue weighted by Crippen LogP contribution is 2.69. The number of carbonyl (C=O) groups excluding carboxylic acids is 3. The van der Waals surface area contributed by atoms with Crippen LogP contribution in [0.5, 0.6) is 0 Å². The molecule has 1 aromatic rings. The third-order valence-corrected chi connectivity index (χ3v) is 11.4. The van der Waals surface area contributed by atoms with Crippen LogP contribution in [0.25, 0.3) is 0 Å². The van der Waals surface area contributed by atoms with Gasteiger partial charge in [0.1, 0.15) is 5.82 Å². The number of fused-ring (bicyclic) bond motifs is 5. The van der Waals surface area contributed by atoms with Gasteiger partial charge in [0.25, 0.3) is 0 Å². The molecule has 0 spiro atoms. The van der Waals surface area contributed by atoms with Crippen molar-refractivity contribution in [2.24, 2.45) is 39.3 Å². The fourth-order valence-corrected chi connectivity index (χ4v) is 9.53. The van der Waals surface area contributed by atoms with Crippen LogP contribution in [-0.2, 0) is 23.9 Å². The quantitative estimate of drug-likeness (QED) is 0.421. The van der Waals surface area contributed by atoms with E-state index in [9.17, 15) is 29.1 Å². The summed E-state index contributed by atoms with van der Waals surface area (Å²) in [5, 5.41) is 20.8. The Balaban J connectivity index is 1.49. The van der Waals surface area contributed by atoms with Crippen LogP contribution < -0.4 is 5.73 Å². The number of benzene rings is 1. The molecule has 0 aliphatic heterocycles. The fraction of sp³-hybridized carbons (Fsp3) is 0.545. The van der Waals surface area contributed by atoms with E-state index in [0.29, 0.717) is 18.5 Å². The summed E-state index contributed by atoms with van der Waals surface area (Å²) in [7, 11) is 0. The van der Waals surface area contributed by atoms with Gasteiger partial charge in [0.2, 0.25) is 5.12 Å². The van der Waals surface area contributed by atoms with Crippen LogP contribution in [-0.4, -0.2) is 51.9 Å². The maximum absolute atomic E-state index is 13.8. The molecule has 1 aromatic carbocycles. The summed E-state index contributed by atoms with van der Waals surface area (Å²) < 4.78 is 24.3. The third kappa shape index (κ3) is 5.36. The number of hydrogen-bond donors (Lipinski definition) is 2. The number of nitrogens with two attached hydrogens (primary N) is 1. The Bertz CT molecular complexity index is 1480. The average molecular weight is 624 g/mol. The van der Waals surface area contributed by atoms with Crippen LogP contribution in [0, 0.1) is 45.7 Å². The van der Waals surface area contributed by atoms with Gasteiger partial charge >= 0.3 is 11.9 Å². The molecule has 0 heterocycles. The van der Waals surface area contributed by atoms with E-state index in [-0.39, 0.29) is 42.2 Å². The fourth-order valence-electron chi connectivity index (χ4n) is 8.72. The third-order valence-electron chi connectivity index (χ3n) is 10.5. The first-order valence-electron chi connectivity index (χ1n) is 14.9. The lowest BCUT2D eigenvalue weighted by atomic mass is 9.45. The number of aliphatic hydroxyl groups excluding tert-OH is 1. The second-order valence-corrected chi connectivity index (χ2v) is 13.8. The van der Waals surface area contributed by atoms with Crippen molar-refractivity contribution in [3.05, 3.63) is 53.5 Å². The molecule has 5 rings (SSSR count). The largest absolute Gasteiger partial charge is 0.454 e. The maximum atomic E-state index is 13.8. The van der Waals surface area contributed by atoms with Crippen LogP contribution in [0.1, 0.15) is 59.3 Å². The summed E-state index contributed by atoms with van der Waals surface area (Å²) in [6.07, 6.45) is 5.97. The van der Waals surface area contributed by atoms with Gasteiger partial charge in [0.15, 0.2) is 12.2 Å². The number of aliphatic hydroxyl groups is 1. The van der Waals surface area contributed by atoms with Gasteiger partial charge in [-0.1, -0.05) is 31.2 Å². The van der Waals surface area contributed by atoms with Crippen LogP contribution in [0.4, 0.5) is 10.1 Å². The Morgan fingerprint density at radius 1 is 1.25 bits per heavy atom. The zero-order valence-electron chi connectivity index (χ0n) is 25.2. The molecule has 0 saturated heterocycles. The number of halogens is 1. The predicted octanol–water partition coefficient (Wildman–Crippen LogP) is 4.91. The summed E-state index contributed by atoms with van der Waals surface area (Å²) in [5.41, 5.74) is 6.59. The highest BCUT2D eigenvalue weighted by molar-refractivity contribution is 8.14. The van der Waals surface area contributed by atoms with Gasteiger partial charge in [0.05, 0.1) is 29.3 Å². The second-order valence-electron chi connectivity index (χ2n) is 12.8. The molecular formula is C33H38FN3O6S. The zero-order valence-corrected chi connectivity index (χ0v) is 26.0. The van der Waals surface area contributed by atoms with E-state index in [0.717, 1.165) is 35.9 Å². The molecule has 9 nitrogen and oxygen atoms in total. The van der Waals surface area contributed by atoms with Gasteiger partial charge < -0.3 is 20.3 Å². The molecule has 0 aromatic heterocycles. The van der Waals surface area contributed by atoms with Gasteiger partial charge in [-0.3, -0.25) is 9.59 Å². The molecule has 7 atom stereocenters. The van der Waals surface area contributed by atoms with Crippen LogP contribution in [0.2, 0.25) is 0 Å². The summed E-state index contributed by atoms with van der Waals surface area (Å²) >= 11 is 0.815. The Morgan fingerprint density at radius 3 is 2.64 bits per heavy atom. The van der Waals surface area contributed by atoms with E-state index in [4.69, 9.17) is 20.2 Å². The number of ether oxygens (including phenoxy) is 2. The molecular weight excluding hydrogens is 585 g/mol. The van der Waals surface area contributed by atoms with Crippen LogP contribution >= 0.6 is 11.8 Å². The Morgan fingerprint density at radius 2 is 1.98 bits per heavy atom. The number of hydrogen-bond acceptors (Lipinski definition) is 10. The molecule has 4 aliphatic rings. The lowest BCUT2D eigenvalue weighted by Crippen LogP contribution is -2.62. The van der Waals surface area contributed by atoms with E-state index in [2.05, 4.69) is 13.0 Å². The first-order valence-corrected chi connectivity index (χ1v) is 15.9. The molecule has 3 unspecified atom stereocenters. The number of aliphatic imine (C=N–C) groups is 1. The highest BCUT2D eigenvalue weighted by atomic mass is 32.2. The smallest absolute Gasteiger partial charge is 0.345 e. The number of esters is 2. The predicted molar refractivity (Wildman–Crippen MR) is 163 cm³/mol. The molecule has 3 saturated carbocycles. The Kier molecular flexibility index (Phi) is 8.80. The van der Waals surface area contributed by atoms with Gasteiger partial charge in [0, 0.05) is 12.3 Å². The van der Waals surface area contributed by atoms with Gasteiger partial charge in [-0.05, 0) is 104 Å². The van der Waals surface area contributed by atoms with E-state index in [1.807, 2.05) is 13.0 Å². The average Bonchev–Trinajstić information content (AvgIpc) is 3.27. The Hall–Kier alpha value is -3.49. The van der Waals surface area contributed by atoms with Crippen molar-refractivity contribution < 1.29 is 33.4 Å². The van der Waals surface area contributed by atoms with Crippen LogP contribution in [0.15, 0.2) is 52.7 Å². The van der Waals surface area contributed by atoms with Crippen molar-refractivity contribution in [1.29, 1.82) is 5.26 Å². The molecule has 0 amide bonds. The topological polar surface area (TPSA) is 152 Å². The first-order chi connectivity index (χ1) is 20.9. The molecule has 44 heavy (non-hydrogen) atoms. The lowest BCUT2D eigenvalue weighted by molar-refractivity contribution is -0.199. The Labute approximate surface area is 260 Å². The minimum Gasteiger partial charge on any atom is -0.454 e. The summed E-state index contributed by atoms with van der Waals surface area (Å²) in [4.78, 5) is 42.8. The molecule has 0 bridgehead atoms. The molecule has 3 fully saturated rings. The van der Waals surface area contributed by atoms with Crippen molar-refractivity contribution in [3.63, 3.8) is 0 Å². The van der Waals surface area contributed by atoms with Crippen molar-refractivity contribution in [3.8, 4) is 6.07 Å². The molecule has 0 radical (unpaired) electrons. The standard InChI is InChI=1S/C33H38FN3O6S/c1-19(38)42-18-28(40)43-33(30(41)44-13-12-35)11-10-25-24-9-4-21-14-26(37-23-7-5-22(34)6-8-23)20(17-36)15-31(21,2)29(24)27(39)16-32(25,33)3/h5-8,14,17,24-25,27,29,39H,4,9-11,13,15-16,18,36H2,1-3H3/t24-,25?,27?,29?,31-,32-,33-/m0/s1. The van der Waals surface area contributed by atoms with Gasteiger partial charge in [-0.2, -0.15) is 5.26 Å². The van der Waals surface area contributed by atoms with Crippen LogP contribution in [0.3, 0.4) is 0 Å². The van der Waals surface area contributed by atoms with Crippen molar-refractivity contribution in [1.82, 2.24) is 0 Å². The number of thioether (sulfide) groups is 1. The minimum atomic E-state index is -1.57. The summed E-state index contributed by atoms with van der Waals surface area (Å²) in [5.74, 6) is -2.06. The minimum absolute atomic E-state index is 0.0309. The molecule has 234 valence electrons. The number of nitriles is 1. The highest BCUT2D eigenvalue weighted by Gasteiger charge is 2.70. The van der Waals surface area contributed by atoms with Crippen molar-refractivity contribution in [2.45, 2.75) is 71.0 Å². The second kappa shape index (κ2) is 12.1. The van der Waals surface area contributed by atoms with E-state index in [1.54, 1.807) is 18.3 Å². The normalized spacial score (nSPS) is 36.0. The lowest BCUT2D eigenvalue weighted by Gasteiger charge is -2.60. The van der Waals surface area contributed by atoms with E-state index >= 15 is 0 Å². The SMILES string of the molecule is CC(=O)OCC(=O)O[C@]1(C(=O)SCC#N)CCC2[C@@H]3CCC4=CC(=Nc5ccc(F)cc5)C(=CN)C[C@]4(C)C3C(O)C[C@@]21C. The summed E-state index contributed by atoms with van der Waals surface area (Å²) in [6.45, 7) is 4.64. The maximum Gasteiger partial charge on any atom is 0.345 e. The summed E-state index contributed by atoms with van der Waals surface area (Å²) in [6, 6.07) is 7.94. The monoisotopic (exact) mass is 623 g/mol. The van der Waals surface area contributed by atoms with Crippen molar-refractivity contribution >= 4 is 40.2 Å². The van der Waals surface area contributed by atoms with Crippen molar-refractivity contribution in [2.75, 3.05) is 12.4 Å².